The number of nitrogens with one attached hydrogen (secondary N) is 1. The van der Waals surface area contributed by atoms with E-state index in [4.69, 9.17) is 5.73 Å². The molecule has 0 unspecified atom stereocenters. The lowest BCUT2D eigenvalue weighted by Gasteiger charge is -2.19. The molecular weight excluding hydrogens is 384 g/mol. The molecule has 0 saturated heterocycles. The second kappa shape index (κ2) is 7.55. The number of sulfonamides is 1. The van der Waals surface area contributed by atoms with Crippen LogP contribution in [0.4, 0.5) is 0 Å². The third-order valence-corrected chi connectivity index (χ3v) is 4.74. The standard InChI is InChI=1S/C12H17BrN2O4S.ClH/c1-12(2,14)7-15-20(17,18)10-5-4-8(6-9(10)13)11(16)19-3;/h4-6,15H,7,14H2,1-3H3;1H. The summed E-state index contributed by atoms with van der Waals surface area (Å²) in [7, 11) is -2.45. The maximum atomic E-state index is 12.1. The van der Waals surface area contributed by atoms with E-state index >= 15 is 0 Å². The number of nitrogens with two attached hydrogens (primary N) is 1. The molecule has 0 spiro atoms. The van der Waals surface area contributed by atoms with Crippen LogP contribution in [-0.4, -0.2) is 33.6 Å². The number of rotatable bonds is 5. The van der Waals surface area contributed by atoms with Gasteiger partial charge in [0.2, 0.25) is 10.0 Å². The number of benzene rings is 1. The van der Waals surface area contributed by atoms with Gasteiger partial charge in [0.25, 0.3) is 0 Å². The maximum Gasteiger partial charge on any atom is 0.337 e. The van der Waals surface area contributed by atoms with Crippen molar-refractivity contribution in [2.24, 2.45) is 5.73 Å². The van der Waals surface area contributed by atoms with E-state index in [2.05, 4.69) is 25.4 Å². The van der Waals surface area contributed by atoms with Crippen molar-refractivity contribution in [2.75, 3.05) is 13.7 Å². The number of hydrogen-bond donors (Lipinski definition) is 2. The molecule has 0 aliphatic rings. The van der Waals surface area contributed by atoms with Gasteiger partial charge in [-0.05, 0) is 48.0 Å². The van der Waals surface area contributed by atoms with Gasteiger partial charge in [-0.1, -0.05) is 0 Å². The van der Waals surface area contributed by atoms with Gasteiger partial charge in [0.05, 0.1) is 17.6 Å². The maximum absolute atomic E-state index is 12.1. The summed E-state index contributed by atoms with van der Waals surface area (Å²) in [5, 5.41) is 0. The van der Waals surface area contributed by atoms with Gasteiger partial charge in [0.15, 0.2) is 0 Å². The molecule has 0 fully saturated rings. The van der Waals surface area contributed by atoms with E-state index in [1.807, 2.05) is 0 Å². The Kier molecular flexibility index (Phi) is 7.31. The molecule has 0 aliphatic carbocycles. The lowest BCUT2D eigenvalue weighted by molar-refractivity contribution is 0.0600. The van der Waals surface area contributed by atoms with E-state index in [1.165, 1.54) is 25.3 Å². The second-order valence-electron chi connectivity index (χ2n) is 4.95. The first kappa shape index (κ1) is 20.3. The molecule has 0 radical (unpaired) electrons. The zero-order valence-corrected chi connectivity index (χ0v) is 15.1. The molecule has 0 heterocycles. The highest BCUT2D eigenvalue weighted by Gasteiger charge is 2.22. The molecule has 0 aliphatic heterocycles. The van der Waals surface area contributed by atoms with Crippen molar-refractivity contribution in [1.29, 1.82) is 0 Å². The lowest BCUT2D eigenvalue weighted by Crippen LogP contribution is -2.45. The normalized spacial score (nSPS) is 11.7. The van der Waals surface area contributed by atoms with E-state index < -0.39 is 21.5 Å². The average Bonchev–Trinajstić information content (AvgIpc) is 2.34. The molecule has 0 saturated carbocycles. The van der Waals surface area contributed by atoms with E-state index in [1.54, 1.807) is 13.8 Å². The molecule has 9 heteroatoms. The second-order valence-corrected chi connectivity index (χ2v) is 7.54. The zero-order chi connectivity index (χ0) is 15.6. The summed E-state index contributed by atoms with van der Waals surface area (Å²) in [6, 6.07) is 4.12. The minimum atomic E-state index is -3.70. The lowest BCUT2D eigenvalue weighted by atomic mass is 10.1. The van der Waals surface area contributed by atoms with Gasteiger partial charge in [-0.15, -0.1) is 12.4 Å². The first-order valence-corrected chi connectivity index (χ1v) is 8.01. The van der Waals surface area contributed by atoms with E-state index in [0.29, 0.717) is 0 Å². The van der Waals surface area contributed by atoms with Gasteiger partial charge in [-0.2, -0.15) is 0 Å². The number of hydrogen-bond acceptors (Lipinski definition) is 5. The Bertz CT molecular complexity index is 614. The number of halogens is 2. The van der Waals surface area contributed by atoms with Crippen LogP contribution in [0.25, 0.3) is 0 Å². The minimum Gasteiger partial charge on any atom is -0.465 e. The predicted octanol–water partition coefficient (Wildman–Crippen LogP) is 1.67. The summed E-state index contributed by atoms with van der Waals surface area (Å²) in [6.07, 6.45) is 0. The molecule has 0 aromatic heterocycles. The summed E-state index contributed by atoms with van der Waals surface area (Å²) >= 11 is 3.14. The summed E-state index contributed by atoms with van der Waals surface area (Å²) < 4.78 is 31.5. The highest BCUT2D eigenvalue weighted by atomic mass is 79.9. The van der Waals surface area contributed by atoms with Crippen molar-refractivity contribution in [3.63, 3.8) is 0 Å². The molecule has 0 amide bonds. The number of esters is 1. The molecule has 0 bridgehead atoms. The van der Waals surface area contributed by atoms with Gasteiger partial charge in [-0.3, -0.25) is 0 Å². The fraction of sp³-hybridized carbons (Fsp3) is 0.417. The fourth-order valence-corrected chi connectivity index (χ4v) is 3.62. The van der Waals surface area contributed by atoms with Crippen LogP contribution in [-0.2, 0) is 14.8 Å². The predicted molar refractivity (Wildman–Crippen MR) is 86.2 cm³/mol. The smallest absolute Gasteiger partial charge is 0.337 e. The SMILES string of the molecule is COC(=O)c1ccc(S(=O)(=O)NCC(C)(C)N)c(Br)c1.Cl. The zero-order valence-electron chi connectivity index (χ0n) is 11.8. The Balaban J connectivity index is 0.00000400. The molecular formula is C12H18BrClN2O4S. The first-order valence-electron chi connectivity index (χ1n) is 5.73. The molecule has 120 valence electrons. The Morgan fingerprint density at radius 1 is 1.43 bits per heavy atom. The van der Waals surface area contributed by atoms with E-state index in [9.17, 15) is 13.2 Å². The van der Waals surface area contributed by atoms with E-state index in [0.717, 1.165) is 0 Å². The van der Waals surface area contributed by atoms with Crippen LogP contribution in [0.5, 0.6) is 0 Å². The summed E-state index contributed by atoms with van der Waals surface area (Å²) in [5.41, 5.74) is 5.34. The van der Waals surface area contributed by atoms with Crippen LogP contribution in [0.1, 0.15) is 24.2 Å². The number of carbonyl (C=O) groups is 1. The van der Waals surface area contributed by atoms with Crippen molar-refractivity contribution < 1.29 is 17.9 Å². The third-order valence-electron chi connectivity index (χ3n) is 2.36. The molecule has 0 atom stereocenters. The van der Waals surface area contributed by atoms with Crippen molar-refractivity contribution in [1.82, 2.24) is 4.72 Å². The summed E-state index contributed by atoms with van der Waals surface area (Å²) in [5.74, 6) is -0.536. The Morgan fingerprint density at radius 2 is 2.00 bits per heavy atom. The van der Waals surface area contributed by atoms with Crippen molar-refractivity contribution in [3.8, 4) is 0 Å². The van der Waals surface area contributed by atoms with Gasteiger partial charge in [-0.25, -0.2) is 17.9 Å². The number of ether oxygens (including phenoxy) is 1. The molecule has 3 N–H and O–H groups in total. The van der Waals surface area contributed by atoms with Crippen LogP contribution in [0.15, 0.2) is 27.6 Å². The van der Waals surface area contributed by atoms with Crippen molar-refractivity contribution >= 4 is 44.3 Å². The highest BCUT2D eigenvalue weighted by molar-refractivity contribution is 9.10. The summed E-state index contributed by atoms with van der Waals surface area (Å²) in [6.45, 7) is 3.52. The van der Waals surface area contributed by atoms with Gasteiger partial charge in [0.1, 0.15) is 0 Å². The number of carbonyl (C=O) groups excluding carboxylic acids is 1. The minimum absolute atomic E-state index is 0. The molecule has 6 nitrogen and oxygen atoms in total. The number of methoxy groups -OCH3 is 1. The van der Waals surface area contributed by atoms with Gasteiger partial charge in [0, 0.05) is 16.6 Å². The van der Waals surface area contributed by atoms with Crippen molar-refractivity contribution in [3.05, 3.63) is 28.2 Å². The highest BCUT2D eigenvalue weighted by Crippen LogP contribution is 2.23. The Morgan fingerprint density at radius 3 is 2.43 bits per heavy atom. The third kappa shape index (κ3) is 5.91. The Hall–Kier alpha value is -0.670. The van der Waals surface area contributed by atoms with Gasteiger partial charge < -0.3 is 10.5 Å². The van der Waals surface area contributed by atoms with E-state index in [-0.39, 0.29) is 33.9 Å². The van der Waals surface area contributed by atoms with Crippen LogP contribution in [0.2, 0.25) is 0 Å². The topological polar surface area (TPSA) is 98.5 Å². The molecule has 21 heavy (non-hydrogen) atoms. The average molecular weight is 402 g/mol. The van der Waals surface area contributed by atoms with Crippen LogP contribution < -0.4 is 10.5 Å². The van der Waals surface area contributed by atoms with Crippen LogP contribution >= 0.6 is 28.3 Å². The van der Waals surface area contributed by atoms with Crippen LogP contribution in [0.3, 0.4) is 0 Å². The monoisotopic (exact) mass is 400 g/mol. The fourth-order valence-electron chi connectivity index (χ4n) is 1.32. The molecule has 1 aromatic rings. The van der Waals surface area contributed by atoms with Gasteiger partial charge >= 0.3 is 5.97 Å². The molecule has 1 rings (SSSR count). The van der Waals surface area contributed by atoms with Crippen LogP contribution in [0, 0.1) is 0 Å². The van der Waals surface area contributed by atoms with Crippen molar-refractivity contribution in [2.45, 2.75) is 24.3 Å². The quantitative estimate of drug-likeness (QED) is 0.731. The molecule has 1 aromatic carbocycles. The summed E-state index contributed by atoms with van der Waals surface area (Å²) in [4.78, 5) is 11.4. The first-order chi connectivity index (χ1) is 9.07. The Labute approximate surface area is 139 Å². The largest absolute Gasteiger partial charge is 0.465 e.